The second-order valence-corrected chi connectivity index (χ2v) is 3.91. The van der Waals surface area contributed by atoms with Gasteiger partial charge in [-0.2, -0.15) is 18.2 Å². The summed E-state index contributed by atoms with van der Waals surface area (Å²) in [5, 5.41) is 0. The summed E-state index contributed by atoms with van der Waals surface area (Å²) >= 11 is 0. The normalized spacial score (nSPS) is 10.0. The van der Waals surface area contributed by atoms with Crippen LogP contribution in [0.15, 0.2) is 59.6 Å². The lowest BCUT2D eigenvalue weighted by molar-refractivity contribution is -0.137. The van der Waals surface area contributed by atoms with E-state index in [-0.39, 0.29) is 5.69 Å². The molecule has 0 radical (unpaired) electrons. The van der Waals surface area contributed by atoms with Gasteiger partial charge in [-0.3, -0.25) is 0 Å². The third-order valence-corrected chi connectivity index (χ3v) is 2.29. The molecule has 5 heteroatoms. The lowest BCUT2D eigenvalue weighted by Crippen LogP contribution is -2.03. The van der Waals surface area contributed by atoms with E-state index in [1.54, 1.807) is 0 Å². The summed E-state index contributed by atoms with van der Waals surface area (Å²) in [5.41, 5.74) is 0.441. The van der Waals surface area contributed by atoms with Gasteiger partial charge in [-0.25, -0.2) is 4.79 Å². The number of aryl methyl sites for hydroxylation is 1. The molecule has 0 atom stereocenters. The SMILES string of the molecule is Cc1ccccc1.O=C=Nc1cccc(C(F)(F)F)c1. The van der Waals surface area contributed by atoms with E-state index in [4.69, 9.17) is 0 Å². The van der Waals surface area contributed by atoms with Crippen molar-refractivity contribution >= 4 is 11.8 Å². The number of rotatable bonds is 1. The summed E-state index contributed by atoms with van der Waals surface area (Å²) in [6, 6.07) is 14.4. The maximum absolute atomic E-state index is 12.1. The molecule has 0 fully saturated rings. The van der Waals surface area contributed by atoms with Crippen molar-refractivity contribution in [3.8, 4) is 0 Å². The Labute approximate surface area is 114 Å². The predicted octanol–water partition coefficient (Wildman–Crippen LogP) is 4.67. The third kappa shape index (κ3) is 5.50. The molecule has 0 unspecified atom stereocenters. The lowest BCUT2D eigenvalue weighted by atomic mass is 10.2. The predicted molar refractivity (Wildman–Crippen MR) is 70.4 cm³/mol. The van der Waals surface area contributed by atoms with E-state index >= 15 is 0 Å². The Hall–Kier alpha value is -2.39. The zero-order valence-electron chi connectivity index (χ0n) is 10.7. The molecule has 2 aromatic rings. The Balaban J connectivity index is 0.000000240. The first-order valence-corrected chi connectivity index (χ1v) is 5.70. The van der Waals surface area contributed by atoms with Crippen LogP contribution < -0.4 is 0 Å². The monoisotopic (exact) mass is 279 g/mol. The van der Waals surface area contributed by atoms with Gasteiger partial charge in [0.2, 0.25) is 6.08 Å². The van der Waals surface area contributed by atoms with E-state index in [0.29, 0.717) is 0 Å². The van der Waals surface area contributed by atoms with E-state index in [1.165, 1.54) is 23.8 Å². The Bertz CT molecular complexity index is 588. The van der Waals surface area contributed by atoms with Crippen molar-refractivity contribution in [3.63, 3.8) is 0 Å². The van der Waals surface area contributed by atoms with Crippen LogP contribution in [0, 0.1) is 6.92 Å². The molecule has 0 aliphatic rings. The van der Waals surface area contributed by atoms with Gasteiger partial charge in [0.05, 0.1) is 11.3 Å². The van der Waals surface area contributed by atoms with Crippen LogP contribution in [0.3, 0.4) is 0 Å². The van der Waals surface area contributed by atoms with Crippen LogP contribution in [0.1, 0.15) is 11.1 Å². The van der Waals surface area contributed by atoms with Crippen molar-refractivity contribution in [2.24, 2.45) is 4.99 Å². The summed E-state index contributed by atoms with van der Waals surface area (Å²) in [5.74, 6) is 0. The van der Waals surface area contributed by atoms with Crippen molar-refractivity contribution in [2.75, 3.05) is 0 Å². The largest absolute Gasteiger partial charge is 0.416 e. The molecule has 0 amide bonds. The van der Waals surface area contributed by atoms with E-state index in [9.17, 15) is 18.0 Å². The van der Waals surface area contributed by atoms with Crippen molar-refractivity contribution in [2.45, 2.75) is 13.1 Å². The summed E-state index contributed by atoms with van der Waals surface area (Å²) in [4.78, 5) is 12.8. The van der Waals surface area contributed by atoms with Crippen molar-refractivity contribution in [3.05, 3.63) is 65.7 Å². The first kappa shape index (κ1) is 15.7. The second-order valence-electron chi connectivity index (χ2n) is 3.91. The second kappa shape index (κ2) is 7.26. The van der Waals surface area contributed by atoms with Crippen molar-refractivity contribution < 1.29 is 18.0 Å². The van der Waals surface area contributed by atoms with Gasteiger partial charge >= 0.3 is 6.18 Å². The van der Waals surface area contributed by atoms with Gasteiger partial charge in [0.1, 0.15) is 0 Å². The summed E-state index contributed by atoms with van der Waals surface area (Å²) in [7, 11) is 0. The van der Waals surface area contributed by atoms with Gasteiger partial charge in [-0.05, 0) is 25.1 Å². The number of isocyanates is 1. The molecule has 0 aliphatic heterocycles. The maximum atomic E-state index is 12.1. The lowest BCUT2D eigenvalue weighted by Gasteiger charge is -2.05. The number of nitrogens with zero attached hydrogens (tertiary/aromatic N) is 1. The Morgan fingerprint density at radius 3 is 2.10 bits per heavy atom. The number of carbonyl (C=O) groups excluding carboxylic acids is 1. The van der Waals surface area contributed by atoms with Crippen LogP contribution >= 0.6 is 0 Å². The van der Waals surface area contributed by atoms with Crippen LogP contribution in [0.4, 0.5) is 18.9 Å². The minimum atomic E-state index is -4.41. The molecule has 0 aliphatic carbocycles. The summed E-state index contributed by atoms with van der Waals surface area (Å²) in [6.07, 6.45) is -3.24. The van der Waals surface area contributed by atoms with Crippen LogP contribution in [0.2, 0.25) is 0 Å². The molecule has 0 spiro atoms. The number of hydrogen-bond donors (Lipinski definition) is 0. The number of alkyl halides is 3. The number of hydrogen-bond acceptors (Lipinski definition) is 2. The van der Waals surface area contributed by atoms with Crippen LogP contribution in [-0.4, -0.2) is 6.08 Å². The Kier molecular flexibility index (Phi) is 5.69. The standard InChI is InChI=1S/C8H4F3NO.C7H8/c9-8(10,11)6-2-1-3-7(4-6)12-5-13;1-7-5-3-2-4-6-7/h1-4H;2-6H,1H3. The molecule has 2 aromatic carbocycles. The molecule has 0 N–H and O–H groups in total. The molecule has 20 heavy (non-hydrogen) atoms. The molecule has 0 saturated carbocycles. The Morgan fingerprint density at radius 1 is 1.00 bits per heavy atom. The molecule has 0 bridgehead atoms. The minimum absolute atomic E-state index is 0.0511. The highest BCUT2D eigenvalue weighted by molar-refractivity contribution is 5.50. The number of aliphatic imine (C=N–C) groups is 1. The van der Waals surface area contributed by atoms with Gasteiger partial charge in [0.25, 0.3) is 0 Å². The molecule has 2 nitrogen and oxygen atoms in total. The average molecular weight is 279 g/mol. The minimum Gasteiger partial charge on any atom is -0.211 e. The first-order valence-electron chi connectivity index (χ1n) is 5.70. The van der Waals surface area contributed by atoms with Crippen LogP contribution in [0.25, 0.3) is 0 Å². The van der Waals surface area contributed by atoms with Crippen molar-refractivity contribution in [1.29, 1.82) is 0 Å². The van der Waals surface area contributed by atoms with Crippen LogP contribution in [-0.2, 0) is 11.0 Å². The quantitative estimate of drug-likeness (QED) is 0.551. The average Bonchev–Trinajstić information content (AvgIpc) is 2.40. The molecular weight excluding hydrogens is 267 g/mol. The fourth-order valence-electron chi connectivity index (χ4n) is 1.34. The zero-order chi connectivity index (χ0) is 15.0. The number of halogens is 3. The fourth-order valence-corrected chi connectivity index (χ4v) is 1.34. The van der Waals surface area contributed by atoms with Gasteiger partial charge in [0.15, 0.2) is 0 Å². The smallest absolute Gasteiger partial charge is 0.211 e. The molecule has 0 saturated heterocycles. The highest BCUT2D eigenvalue weighted by Gasteiger charge is 2.30. The zero-order valence-corrected chi connectivity index (χ0v) is 10.7. The van der Waals surface area contributed by atoms with Gasteiger partial charge in [-0.1, -0.05) is 42.0 Å². The fraction of sp³-hybridized carbons (Fsp3) is 0.133. The topological polar surface area (TPSA) is 29.4 Å². The van der Waals surface area contributed by atoms with Crippen molar-refractivity contribution in [1.82, 2.24) is 0 Å². The maximum Gasteiger partial charge on any atom is 0.416 e. The van der Waals surface area contributed by atoms with Gasteiger partial charge < -0.3 is 0 Å². The van der Waals surface area contributed by atoms with Crippen LogP contribution in [0.5, 0.6) is 0 Å². The molecule has 104 valence electrons. The van der Waals surface area contributed by atoms with E-state index in [1.807, 2.05) is 18.2 Å². The van der Waals surface area contributed by atoms with E-state index in [0.717, 1.165) is 12.1 Å². The third-order valence-electron chi connectivity index (χ3n) is 2.29. The van der Waals surface area contributed by atoms with Gasteiger partial charge in [-0.15, -0.1) is 0 Å². The Morgan fingerprint density at radius 2 is 1.65 bits per heavy atom. The summed E-state index contributed by atoms with van der Waals surface area (Å²) < 4.78 is 36.2. The molecule has 0 aromatic heterocycles. The summed E-state index contributed by atoms with van der Waals surface area (Å²) in [6.45, 7) is 2.08. The number of benzene rings is 2. The highest BCUT2D eigenvalue weighted by atomic mass is 19.4. The molecule has 0 heterocycles. The molecular formula is C15H12F3NO. The highest BCUT2D eigenvalue weighted by Crippen LogP contribution is 2.31. The van der Waals surface area contributed by atoms with E-state index < -0.39 is 11.7 Å². The first-order chi connectivity index (χ1) is 9.43. The van der Waals surface area contributed by atoms with E-state index in [2.05, 4.69) is 24.0 Å². The molecule has 2 rings (SSSR count). The van der Waals surface area contributed by atoms with Gasteiger partial charge in [0, 0.05) is 0 Å².